The molecule has 0 radical (unpaired) electrons. The summed E-state index contributed by atoms with van der Waals surface area (Å²) in [5.41, 5.74) is 2.03. The first kappa shape index (κ1) is 29.8. The minimum Gasteiger partial charge on any atom is -0.465 e. The maximum Gasteiger partial charge on any atom is 0.338 e. The van der Waals surface area contributed by atoms with Crippen molar-refractivity contribution in [2.75, 3.05) is 13.2 Å². The number of halogens is 3. The fourth-order valence-corrected chi connectivity index (χ4v) is 6.32. The van der Waals surface area contributed by atoms with Crippen molar-refractivity contribution in [3.05, 3.63) is 80.2 Å². The van der Waals surface area contributed by atoms with E-state index >= 15 is 0 Å². The topological polar surface area (TPSA) is 108 Å². The van der Waals surface area contributed by atoms with E-state index in [0.717, 1.165) is 37.3 Å². The Labute approximate surface area is 250 Å². The summed E-state index contributed by atoms with van der Waals surface area (Å²) in [6.07, 6.45) is 8.35. The lowest BCUT2D eigenvalue weighted by Gasteiger charge is -2.35. The molecule has 1 aliphatic carbocycles. The Bertz CT molecular complexity index is 1520. The molecule has 1 saturated carbocycles. The Balaban J connectivity index is 1.46. The van der Waals surface area contributed by atoms with E-state index in [1.807, 2.05) is 6.20 Å². The van der Waals surface area contributed by atoms with Crippen LogP contribution in [0.2, 0.25) is 5.02 Å². The van der Waals surface area contributed by atoms with Crippen LogP contribution < -0.4 is 5.32 Å². The van der Waals surface area contributed by atoms with Gasteiger partial charge in [-0.05, 0) is 63.0 Å². The van der Waals surface area contributed by atoms with E-state index in [9.17, 15) is 18.4 Å². The molecule has 3 aromatic rings. The number of ether oxygens (including phenoxy) is 2. The molecule has 1 fully saturated rings. The van der Waals surface area contributed by atoms with Crippen LogP contribution in [0.4, 0.5) is 8.78 Å². The lowest BCUT2D eigenvalue weighted by molar-refractivity contribution is -0.144. The van der Waals surface area contributed by atoms with Crippen molar-refractivity contribution in [3.63, 3.8) is 0 Å². The van der Waals surface area contributed by atoms with Gasteiger partial charge in [-0.2, -0.15) is 5.10 Å². The van der Waals surface area contributed by atoms with Crippen molar-refractivity contribution >= 4 is 40.7 Å². The van der Waals surface area contributed by atoms with Crippen molar-refractivity contribution in [3.8, 4) is 0 Å². The third kappa shape index (κ3) is 6.24. The highest BCUT2D eigenvalue weighted by Crippen LogP contribution is 2.44. The van der Waals surface area contributed by atoms with E-state index in [0.29, 0.717) is 23.1 Å². The number of hydrogen-bond acceptors (Lipinski definition) is 9. The van der Waals surface area contributed by atoms with Gasteiger partial charge in [-0.25, -0.2) is 18.6 Å². The van der Waals surface area contributed by atoms with Crippen molar-refractivity contribution in [1.29, 1.82) is 0 Å². The number of carbonyl (C=O) groups excluding carboxylic acids is 2. The van der Waals surface area contributed by atoms with Gasteiger partial charge < -0.3 is 14.8 Å². The van der Waals surface area contributed by atoms with Crippen LogP contribution in [0, 0.1) is 17.6 Å². The number of benzene rings is 1. The number of nitrogens with zero attached hydrogens (tertiary/aromatic N) is 4. The molecule has 5 rings (SSSR count). The van der Waals surface area contributed by atoms with Crippen molar-refractivity contribution in [2.45, 2.75) is 58.0 Å². The third-order valence-electron chi connectivity index (χ3n) is 7.42. The second-order valence-electron chi connectivity index (χ2n) is 9.98. The van der Waals surface area contributed by atoms with Gasteiger partial charge in [0.15, 0.2) is 22.5 Å². The van der Waals surface area contributed by atoms with Gasteiger partial charge in [-0.1, -0.05) is 17.7 Å². The van der Waals surface area contributed by atoms with Crippen molar-refractivity contribution < 1.29 is 27.8 Å². The van der Waals surface area contributed by atoms with Crippen LogP contribution in [-0.4, -0.2) is 45.8 Å². The molecule has 1 N–H and O–H groups in total. The Morgan fingerprint density at radius 2 is 1.86 bits per heavy atom. The molecule has 1 aromatic carbocycles. The first-order valence-electron chi connectivity index (χ1n) is 13.8. The minimum absolute atomic E-state index is 0.0513. The molecule has 3 heterocycles. The van der Waals surface area contributed by atoms with Gasteiger partial charge >= 0.3 is 11.9 Å². The smallest absolute Gasteiger partial charge is 0.338 e. The summed E-state index contributed by atoms with van der Waals surface area (Å²) in [6.45, 7) is 3.95. The number of allylic oxidation sites excluding steroid dienone is 1. The van der Waals surface area contributed by atoms with Gasteiger partial charge in [0.1, 0.15) is 12.6 Å². The maximum atomic E-state index is 14.6. The molecule has 0 amide bonds. The summed E-state index contributed by atoms with van der Waals surface area (Å²) < 4.78 is 40.6. The number of esters is 2. The predicted octanol–water partition coefficient (Wildman–Crippen LogP) is 5.72. The molecule has 1 unspecified atom stereocenters. The summed E-state index contributed by atoms with van der Waals surface area (Å²) in [4.78, 5) is 34.4. The van der Waals surface area contributed by atoms with E-state index in [1.54, 1.807) is 36.3 Å². The molecule has 2 aliphatic rings. The van der Waals surface area contributed by atoms with E-state index in [4.69, 9.17) is 26.1 Å². The van der Waals surface area contributed by atoms with Gasteiger partial charge in [0.25, 0.3) is 0 Å². The summed E-state index contributed by atoms with van der Waals surface area (Å²) in [5, 5.41) is 9.62. The van der Waals surface area contributed by atoms with E-state index in [2.05, 4.69) is 15.4 Å². The van der Waals surface area contributed by atoms with Crippen LogP contribution in [0.1, 0.15) is 67.6 Å². The summed E-state index contributed by atoms with van der Waals surface area (Å²) in [5.74, 6) is -2.68. The molecule has 0 spiro atoms. The fraction of sp³-hybridized carbons (Fsp3) is 0.414. The number of thiazole rings is 1. The monoisotopic (exact) mass is 617 g/mol. The van der Waals surface area contributed by atoms with E-state index < -0.39 is 28.7 Å². The van der Waals surface area contributed by atoms with Gasteiger partial charge in [0.2, 0.25) is 0 Å². The Morgan fingerprint density at radius 1 is 1.12 bits per heavy atom. The fourth-order valence-electron chi connectivity index (χ4n) is 5.48. The number of carbonyl (C=O) groups is 2. The predicted molar refractivity (Wildman–Crippen MR) is 153 cm³/mol. The highest BCUT2D eigenvalue weighted by Gasteiger charge is 2.38. The Hall–Kier alpha value is -3.64. The zero-order valence-electron chi connectivity index (χ0n) is 23.1. The number of rotatable bonds is 9. The molecule has 222 valence electrons. The third-order valence-corrected chi connectivity index (χ3v) is 8.59. The lowest BCUT2D eigenvalue weighted by atomic mass is 9.76. The molecule has 1 atom stereocenters. The summed E-state index contributed by atoms with van der Waals surface area (Å²) in [6, 6.07) is 1.30. The van der Waals surface area contributed by atoms with E-state index in [-0.39, 0.29) is 42.1 Å². The molecule has 1 aliphatic heterocycles. The molecular formula is C29H30ClF2N5O4S. The van der Waals surface area contributed by atoms with Crippen LogP contribution in [0.5, 0.6) is 0 Å². The summed E-state index contributed by atoms with van der Waals surface area (Å²) in [7, 11) is 0. The maximum absolute atomic E-state index is 14.6. The van der Waals surface area contributed by atoms with Crippen LogP contribution in [0.25, 0.3) is 0 Å². The Morgan fingerprint density at radius 3 is 2.55 bits per heavy atom. The van der Waals surface area contributed by atoms with Gasteiger partial charge in [0, 0.05) is 29.0 Å². The molecule has 42 heavy (non-hydrogen) atoms. The molecular weight excluding hydrogens is 588 g/mol. The summed E-state index contributed by atoms with van der Waals surface area (Å²) >= 11 is 7.65. The highest BCUT2D eigenvalue weighted by molar-refractivity contribution is 7.11. The standard InChI is InChI=1S/C29H30ClF2N5O4S/c1-3-40-21(38)15-37-14-18(13-34-37)16-5-7-17(8-6-16)25-22(29(39)41-4-2)26(19-9-10-20(31)24(32)23(19)30)36-27(35-25)28-33-11-12-42-28/h9-14,16-17,26H,3-8,15H2,1-2H3,(H,35,36)/t16-,17-,26?. The van der Waals surface area contributed by atoms with Crippen molar-refractivity contribution in [1.82, 2.24) is 20.1 Å². The minimum atomic E-state index is -1.20. The average Bonchev–Trinajstić information content (AvgIpc) is 3.69. The van der Waals surface area contributed by atoms with Crippen LogP contribution in [0.3, 0.4) is 0 Å². The van der Waals surface area contributed by atoms with Crippen LogP contribution >= 0.6 is 22.9 Å². The normalized spacial score (nSPS) is 20.6. The number of nitrogens with one attached hydrogen (secondary N) is 1. The SMILES string of the molecule is CCOC(=O)Cn1cc([C@H]2CC[C@H](C3=C(C(=O)OCC)C(c4ccc(F)c(F)c4Cl)N=C(c4nccs4)N3)CC2)cn1. The number of aliphatic imine (C=N–C) groups is 1. The number of hydrogen-bond donors (Lipinski definition) is 1. The highest BCUT2D eigenvalue weighted by atomic mass is 35.5. The number of aromatic nitrogens is 3. The number of amidine groups is 1. The first-order valence-corrected chi connectivity index (χ1v) is 15.0. The molecule has 13 heteroatoms. The van der Waals surface area contributed by atoms with Crippen molar-refractivity contribution in [2.24, 2.45) is 10.9 Å². The van der Waals surface area contributed by atoms with E-state index in [1.165, 1.54) is 17.4 Å². The lowest BCUT2D eigenvalue weighted by Crippen LogP contribution is -2.38. The molecule has 9 nitrogen and oxygen atoms in total. The second-order valence-corrected chi connectivity index (χ2v) is 11.3. The van der Waals surface area contributed by atoms with Gasteiger partial charge in [-0.3, -0.25) is 14.5 Å². The zero-order chi connectivity index (χ0) is 29.8. The molecule has 0 bridgehead atoms. The molecule has 2 aromatic heterocycles. The first-order chi connectivity index (χ1) is 20.3. The quantitative estimate of drug-likeness (QED) is 0.242. The van der Waals surface area contributed by atoms with Gasteiger partial charge in [0.05, 0.1) is 30.0 Å². The largest absolute Gasteiger partial charge is 0.465 e. The molecule has 0 saturated heterocycles. The average molecular weight is 618 g/mol. The zero-order valence-corrected chi connectivity index (χ0v) is 24.7. The Kier molecular flexibility index (Phi) is 9.32. The second kappa shape index (κ2) is 13.1. The van der Waals surface area contributed by atoms with Crippen LogP contribution in [0.15, 0.2) is 52.4 Å². The van der Waals surface area contributed by atoms with Crippen LogP contribution in [-0.2, 0) is 25.6 Å². The van der Waals surface area contributed by atoms with Gasteiger partial charge in [-0.15, -0.1) is 11.3 Å².